The van der Waals surface area contributed by atoms with Crippen molar-refractivity contribution in [3.05, 3.63) is 53.3 Å². The SMILES string of the molecule is CCCCNC(=O)c1cc2cc(OC)c(OC)cc2c(Cc2ccc(OC)c(OC)c2)n1. The van der Waals surface area contributed by atoms with Crippen LogP contribution in [0, 0.1) is 0 Å². The van der Waals surface area contributed by atoms with E-state index in [1.807, 2.05) is 30.3 Å². The van der Waals surface area contributed by atoms with Gasteiger partial charge in [0.2, 0.25) is 0 Å². The van der Waals surface area contributed by atoms with Crippen LogP contribution in [0.5, 0.6) is 23.0 Å². The lowest BCUT2D eigenvalue weighted by Crippen LogP contribution is -2.25. The van der Waals surface area contributed by atoms with E-state index in [0.29, 0.717) is 41.7 Å². The summed E-state index contributed by atoms with van der Waals surface area (Å²) in [4.78, 5) is 17.5. The van der Waals surface area contributed by atoms with Gasteiger partial charge in [-0.2, -0.15) is 0 Å². The van der Waals surface area contributed by atoms with Gasteiger partial charge in [0.05, 0.1) is 34.1 Å². The molecule has 0 bridgehead atoms. The Labute approximate surface area is 188 Å². The highest BCUT2D eigenvalue weighted by Crippen LogP contribution is 2.35. The number of hydrogen-bond acceptors (Lipinski definition) is 6. The van der Waals surface area contributed by atoms with Crippen molar-refractivity contribution >= 4 is 16.7 Å². The molecule has 0 spiro atoms. The summed E-state index contributed by atoms with van der Waals surface area (Å²) in [5.74, 6) is 2.31. The lowest BCUT2D eigenvalue weighted by Gasteiger charge is -2.14. The zero-order valence-electron chi connectivity index (χ0n) is 19.3. The van der Waals surface area contributed by atoms with E-state index in [9.17, 15) is 4.79 Å². The third kappa shape index (κ3) is 5.04. The zero-order chi connectivity index (χ0) is 23.1. The van der Waals surface area contributed by atoms with E-state index in [2.05, 4.69) is 12.2 Å². The predicted molar refractivity (Wildman–Crippen MR) is 124 cm³/mol. The second kappa shape index (κ2) is 10.7. The van der Waals surface area contributed by atoms with E-state index in [1.54, 1.807) is 34.5 Å². The Morgan fingerprint density at radius 3 is 2.19 bits per heavy atom. The summed E-state index contributed by atoms with van der Waals surface area (Å²) in [6, 6.07) is 11.3. The highest BCUT2D eigenvalue weighted by atomic mass is 16.5. The summed E-state index contributed by atoms with van der Waals surface area (Å²) in [6.45, 7) is 2.70. The molecule has 0 fully saturated rings. The molecule has 1 aromatic heterocycles. The highest BCUT2D eigenvalue weighted by molar-refractivity contribution is 5.98. The van der Waals surface area contributed by atoms with Crippen LogP contribution in [0.1, 0.15) is 41.5 Å². The number of fused-ring (bicyclic) bond motifs is 1. The lowest BCUT2D eigenvalue weighted by molar-refractivity contribution is 0.0948. The first-order valence-corrected chi connectivity index (χ1v) is 10.6. The number of hydrogen-bond donors (Lipinski definition) is 1. The van der Waals surface area contributed by atoms with Crippen molar-refractivity contribution in [2.75, 3.05) is 35.0 Å². The number of aromatic nitrogens is 1. The number of methoxy groups -OCH3 is 4. The molecule has 0 aliphatic carbocycles. The van der Waals surface area contributed by atoms with Gasteiger partial charge in [-0.3, -0.25) is 4.79 Å². The minimum atomic E-state index is -0.191. The molecule has 0 atom stereocenters. The third-order valence-corrected chi connectivity index (χ3v) is 5.28. The second-order valence-corrected chi connectivity index (χ2v) is 7.36. The number of nitrogens with zero attached hydrogens (tertiary/aromatic N) is 1. The summed E-state index contributed by atoms with van der Waals surface area (Å²) in [7, 11) is 6.40. The van der Waals surface area contributed by atoms with E-state index in [-0.39, 0.29) is 5.91 Å². The molecule has 0 aliphatic heterocycles. The molecule has 170 valence electrons. The fourth-order valence-corrected chi connectivity index (χ4v) is 3.55. The monoisotopic (exact) mass is 438 g/mol. The fourth-order valence-electron chi connectivity index (χ4n) is 3.55. The molecule has 7 nitrogen and oxygen atoms in total. The lowest BCUT2D eigenvalue weighted by atomic mass is 10.0. The number of carbonyl (C=O) groups is 1. The summed E-state index contributed by atoms with van der Waals surface area (Å²) in [5.41, 5.74) is 2.11. The van der Waals surface area contributed by atoms with Gasteiger partial charge in [-0.05, 0) is 47.7 Å². The van der Waals surface area contributed by atoms with Crippen LogP contribution in [0.3, 0.4) is 0 Å². The number of rotatable bonds is 10. The second-order valence-electron chi connectivity index (χ2n) is 7.36. The molecule has 1 N–H and O–H groups in total. The standard InChI is InChI=1S/C25H30N2O5/c1-6-7-10-26-25(28)20-13-17-14-23(31-4)24(32-5)15-18(17)19(27-20)11-16-8-9-21(29-2)22(12-16)30-3/h8-9,12-15H,6-7,10-11H2,1-5H3,(H,26,28). The van der Waals surface area contributed by atoms with Crippen molar-refractivity contribution in [1.82, 2.24) is 10.3 Å². The van der Waals surface area contributed by atoms with Crippen LogP contribution in [-0.4, -0.2) is 45.9 Å². The maximum absolute atomic E-state index is 12.8. The van der Waals surface area contributed by atoms with Gasteiger partial charge in [0.15, 0.2) is 23.0 Å². The average molecular weight is 439 g/mol. The molecule has 0 unspecified atom stereocenters. The van der Waals surface area contributed by atoms with Gasteiger partial charge in [-0.25, -0.2) is 4.98 Å². The number of carbonyl (C=O) groups excluding carboxylic acids is 1. The average Bonchev–Trinajstić information content (AvgIpc) is 2.82. The number of nitrogens with one attached hydrogen (secondary N) is 1. The van der Waals surface area contributed by atoms with Gasteiger partial charge in [-0.1, -0.05) is 19.4 Å². The zero-order valence-corrected chi connectivity index (χ0v) is 19.3. The minimum absolute atomic E-state index is 0.191. The molecular formula is C25H30N2O5. The van der Waals surface area contributed by atoms with Crippen molar-refractivity contribution in [3.63, 3.8) is 0 Å². The van der Waals surface area contributed by atoms with E-state index < -0.39 is 0 Å². The molecule has 0 saturated carbocycles. The molecule has 0 radical (unpaired) electrons. The molecule has 3 rings (SSSR count). The van der Waals surface area contributed by atoms with Crippen LogP contribution in [0.25, 0.3) is 10.8 Å². The molecule has 32 heavy (non-hydrogen) atoms. The first kappa shape index (κ1) is 23.2. The van der Waals surface area contributed by atoms with E-state index in [0.717, 1.165) is 34.9 Å². The number of amides is 1. The van der Waals surface area contributed by atoms with Crippen molar-refractivity contribution in [2.45, 2.75) is 26.2 Å². The van der Waals surface area contributed by atoms with Crippen LogP contribution in [0.15, 0.2) is 36.4 Å². The van der Waals surface area contributed by atoms with Gasteiger partial charge in [0.25, 0.3) is 5.91 Å². The van der Waals surface area contributed by atoms with Crippen molar-refractivity contribution in [2.24, 2.45) is 0 Å². The third-order valence-electron chi connectivity index (χ3n) is 5.28. The summed E-state index contributed by atoms with van der Waals surface area (Å²) >= 11 is 0. The van der Waals surface area contributed by atoms with E-state index in [4.69, 9.17) is 23.9 Å². The molecule has 2 aromatic carbocycles. The maximum atomic E-state index is 12.8. The number of ether oxygens (including phenoxy) is 4. The Balaban J connectivity index is 2.09. The Morgan fingerprint density at radius 1 is 0.875 bits per heavy atom. The fraction of sp³-hybridized carbons (Fsp3) is 0.360. The summed E-state index contributed by atoms with van der Waals surface area (Å²) in [5, 5.41) is 4.69. The molecular weight excluding hydrogens is 408 g/mol. The van der Waals surface area contributed by atoms with Gasteiger partial charge in [-0.15, -0.1) is 0 Å². The molecule has 0 aliphatic rings. The van der Waals surface area contributed by atoms with E-state index >= 15 is 0 Å². The van der Waals surface area contributed by atoms with Crippen LogP contribution >= 0.6 is 0 Å². The van der Waals surface area contributed by atoms with Gasteiger partial charge >= 0.3 is 0 Å². The topological polar surface area (TPSA) is 78.9 Å². The number of benzene rings is 2. The highest BCUT2D eigenvalue weighted by Gasteiger charge is 2.16. The molecule has 1 heterocycles. The largest absolute Gasteiger partial charge is 0.493 e. The first-order valence-electron chi connectivity index (χ1n) is 10.6. The number of pyridine rings is 1. The van der Waals surface area contributed by atoms with Crippen molar-refractivity contribution in [1.29, 1.82) is 0 Å². The van der Waals surface area contributed by atoms with Gasteiger partial charge in [0, 0.05) is 18.4 Å². The normalized spacial score (nSPS) is 10.7. The Morgan fingerprint density at radius 2 is 1.53 bits per heavy atom. The number of unbranched alkanes of at least 4 members (excludes halogenated alkanes) is 1. The first-order chi connectivity index (χ1) is 15.5. The van der Waals surface area contributed by atoms with Gasteiger partial charge < -0.3 is 24.3 Å². The summed E-state index contributed by atoms with van der Waals surface area (Å²) < 4.78 is 21.7. The Hall–Kier alpha value is -3.48. The summed E-state index contributed by atoms with van der Waals surface area (Å²) in [6.07, 6.45) is 2.43. The predicted octanol–water partition coefficient (Wildman–Crippen LogP) is 4.39. The van der Waals surface area contributed by atoms with Crippen LogP contribution in [-0.2, 0) is 6.42 Å². The van der Waals surface area contributed by atoms with E-state index in [1.165, 1.54) is 0 Å². The maximum Gasteiger partial charge on any atom is 0.269 e. The van der Waals surface area contributed by atoms with Crippen LogP contribution in [0.2, 0.25) is 0 Å². The van der Waals surface area contributed by atoms with Crippen molar-refractivity contribution in [3.8, 4) is 23.0 Å². The molecule has 3 aromatic rings. The van der Waals surface area contributed by atoms with Crippen molar-refractivity contribution < 1.29 is 23.7 Å². The minimum Gasteiger partial charge on any atom is -0.493 e. The smallest absolute Gasteiger partial charge is 0.269 e. The molecule has 1 amide bonds. The Bertz CT molecular complexity index is 1100. The Kier molecular flexibility index (Phi) is 7.76. The molecule has 7 heteroatoms. The van der Waals surface area contributed by atoms with Crippen LogP contribution < -0.4 is 24.3 Å². The van der Waals surface area contributed by atoms with Gasteiger partial charge in [0.1, 0.15) is 5.69 Å². The molecule has 0 saturated heterocycles. The quantitative estimate of drug-likeness (QED) is 0.473. The van der Waals surface area contributed by atoms with Crippen LogP contribution in [0.4, 0.5) is 0 Å².